The first kappa shape index (κ1) is 3890. The highest BCUT2D eigenvalue weighted by molar-refractivity contribution is 2.13. The number of rotatable bonds is 0. The topological polar surface area (TPSA) is 287 Å². The third kappa shape index (κ3) is 1880. The van der Waals surface area contributed by atoms with Crippen molar-refractivity contribution in [3.05, 3.63) is 0 Å². The highest BCUT2D eigenvalue weighted by Crippen LogP contribution is -0.282. The zero-order valence-electron chi connectivity index (χ0n) is 4.71. The lowest BCUT2D eigenvalue weighted by Gasteiger charge is -0.413. The smallest absolute Gasteiger partial charge is 0.344 e. The van der Waals surface area contributed by atoms with Crippen molar-refractivity contribution in [3.63, 3.8) is 0 Å². The zero-order valence-corrected chi connectivity index (χ0v) is 4.71. The van der Waals surface area contributed by atoms with Crippen LogP contribution in [0, 0.1) is 0 Å². The van der Waals surface area contributed by atoms with Crippen molar-refractivity contribution in [1.82, 2.24) is 6.15 Å². The van der Waals surface area contributed by atoms with E-state index in [0.717, 1.165) is 0 Å². The lowest BCUT2D eigenvalue weighted by Crippen LogP contribution is -0.481. The minimum Gasteiger partial charge on any atom is -0.412 e. The highest BCUT2D eigenvalue weighted by atomic mass is 16.0. The Labute approximate surface area is 51.4 Å². The van der Waals surface area contributed by atoms with Crippen LogP contribution in [-0.2, 0) is 0 Å². The van der Waals surface area contributed by atoms with Crippen LogP contribution in [0.5, 0.6) is 0 Å². The molecule has 0 amide bonds. The molecule has 0 aliphatic rings. The molecule has 0 aromatic heterocycles. The SMILES string of the molecule is N.O.O.O.O.O.O.O.O. The van der Waals surface area contributed by atoms with Gasteiger partial charge in [-0.2, -0.15) is 0 Å². The van der Waals surface area contributed by atoms with E-state index in [-0.39, 0.29) is 50.0 Å². The molecule has 9 nitrogen and oxygen atoms in total. The summed E-state index contributed by atoms with van der Waals surface area (Å²) in [4.78, 5) is 0. The molecule has 0 spiro atoms. The second-order valence-corrected chi connectivity index (χ2v) is 0. The van der Waals surface area contributed by atoms with E-state index in [2.05, 4.69) is 0 Å². The van der Waals surface area contributed by atoms with Gasteiger partial charge >= 0.3 is 0 Å². The van der Waals surface area contributed by atoms with Gasteiger partial charge in [-0.1, -0.05) is 0 Å². The maximum Gasteiger partial charge on any atom is -0.344 e. The fourth-order valence-corrected chi connectivity index (χ4v) is 0. The van der Waals surface area contributed by atoms with Gasteiger partial charge < -0.3 is 50.0 Å². The summed E-state index contributed by atoms with van der Waals surface area (Å²) in [6.07, 6.45) is 0. The van der Waals surface area contributed by atoms with Gasteiger partial charge in [0, 0.05) is 0 Å². The van der Waals surface area contributed by atoms with Gasteiger partial charge in [0.1, 0.15) is 0 Å². The minimum atomic E-state index is 0. The molecular weight excluding hydrogens is 142 g/mol. The van der Waals surface area contributed by atoms with Crippen molar-refractivity contribution in [1.29, 1.82) is 0 Å². The summed E-state index contributed by atoms with van der Waals surface area (Å²) in [6, 6.07) is 0. The molecule has 0 radical (unpaired) electrons. The molecule has 9 heavy (non-hydrogen) atoms. The molecule has 0 aliphatic carbocycles. The van der Waals surface area contributed by atoms with E-state index in [1.165, 1.54) is 0 Å². The van der Waals surface area contributed by atoms with Crippen molar-refractivity contribution < 1.29 is 43.8 Å². The predicted octanol–water partition coefficient (Wildman–Crippen LogP) is -6.44. The number of hydrogen-bond donors (Lipinski definition) is 1. The molecule has 9 heteroatoms. The molecule has 0 aliphatic heterocycles. The molecule has 0 fully saturated rings. The van der Waals surface area contributed by atoms with E-state index in [1.54, 1.807) is 0 Å². The van der Waals surface area contributed by atoms with Crippen LogP contribution < -0.4 is 6.15 Å². The van der Waals surface area contributed by atoms with E-state index in [0.29, 0.717) is 0 Å². The maximum atomic E-state index is 0. The van der Waals surface area contributed by atoms with Crippen LogP contribution in [0.3, 0.4) is 0 Å². The monoisotopic (exact) mass is 161 g/mol. The summed E-state index contributed by atoms with van der Waals surface area (Å²) in [5, 5.41) is 0. The molecular formula is H19NO8. The van der Waals surface area contributed by atoms with Crippen LogP contribution in [0.4, 0.5) is 0 Å². The summed E-state index contributed by atoms with van der Waals surface area (Å²) < 4.78 is 0. The molecule has 0 saturated carbocycles. The minimum absolute atomic E-state index is 0. The summed E-state index contributed by atoms with van der Waals surface area (Å²) >= 11 is 0. The van der Waals surface area contributed by atoms with Crippen molar-refractivity contribution in [2.75, 3.05) is 0 Å². The van der Waals surface area contributed by atoms with Crippen molar-refractivity contribution >= 4 is 0 Å². The van der Waals surface area contributed by atoms with E-state index in [9.17, 15) is 0 Å². The average molecular weight is 161 g/mol. The number of hydrogen-bond acceptors (Lipinski definition) is 1. The van der Waals surface area contributed by atoms with Crippen molar-refractivity contribution in [2.45, 2.75) is 0 Å². The van der Waals surface area contributed by atoms with Gasteiger partial charge in [-0.15, -0.1) is 0 Å². The lowest BCUT2D eigenvalue weighted by atomic mass is 14.0. The van der Waals surface area contributed by atoms with Crippen LogP contribution in [0.25, 0.3) is 0 Å². The Morgan fingerprint density at radius 1 is 0.222 bits per heavy atom. The standard InChI is InChI=1S/H3N.8H2O/h1H3;8*1H2. The van der Waals surface area contributed by atoms with Crippen molar-refractivity contribution in [2.24, 2.45) is 0 Å². The van der Waals surface area contributed by atoms with Gasteiger partial charge in [-0.3, -0.25) is 0 Å². The molecule has 0 heterocycles. The Morgan fingerprint density at radius 2 is 0.222 bits per heavy atom. The third-order valence-electron chi connectivity index (χ3n) is 0. The van der Waals surface area contributed by atoms with Gasteiger partial charge in [-0.05, 0) is 0 Å². The molecule has 72 valence electrons. The van der Waals surface area contributed by atoms with Crippen LogP contribution in [0.15, 0.2) is 0 Å². The van der Waals surface area contributed by atoms with Gasteiger partial charge in [0.2, 0.25) is 0 Å². The fraction of sp³-hybridized carbons (Fsp3) is 0. The first-order valence-corrected chi connectivity index (χ1v) is 0. The van der Waals surface area contributed by atoms with Crippen LogP contribution >= 0.6 is 0 Å². The molecule has 0 bridgehead atoms. The van der Waals surface area contributed by atoms with Gasteiger partial charge in [0.05, 0.1) is 0 Å². The van der Waals surface area contributed by atoms with Crippen molar-refractivity contribution in [3.8, 4) is 0 Å². The van der Waals surface area contributed by atoms with Crippen LogP contribution in [-0.4, -0.2) is 43.8 Å². The quantitative estimate of drug-likeness (QED) is 0.355. The fourth-order valence-electron chi connectivity index (χ4n) is 0. The van der Waals surface area contributed by atoms with E-state index in [1.807, 2.05) is 0 Å². The van der Waals surface area contributed by atoms with E-state index < -0.39 is 0 Å². The Hall–Kier alpha value is -0.360. The maximum absolute atomic E-state index is 0. The molecule has 0 rings (SSSR count). The predicted molar refractivity (Wildman–Crippen MR) is 33.9 cm³/mol. The molecule has 19 N–H and O–H groups in total. The Bertz CT molecular complexity index is 4.53. The summed E-state index contributed by atoms with van der Waals surface area (Å²) in [6.45, 7) is 0. The summed E-state index contributed by atoms with van der Waals surface area (Å²) in [7, 11) is 0. The summed E-state index contributed by atoms with van der Waals surface area (Å²) in [5.74, 6) is 0. The first-order valence-electron chi connectivity index (χ1n) is 0. The van der Waals surface area contributed by atoms with E-state index in [4.69, 9.17) is 0 Å². The van der Waals surface area contributed by atoms with E-state index >= 15 is 0 Å². The highest BCUT2D eigenvalue weighted by Gasteiger charge is -0.344. The largest absolute Gasteiger partial charge is 0.412 e. The van der Waals surface area contributed by atoms with Crippen LogP contribution in [0.2, 0.25) is 0 Å². The molecule has 0 aromatic rings. The van der Waals surface area contributed by atoms with Gasteiger partial charge in [0.25, 0.3) is 0 Å². The second kappa shape index (κ2) is 2600. The Balaban J connectivity index is 0. The average Bonchev–Trinajstić information content (AvgIpc) is 0. The Morgan fingerprint density at radius 3 is 0.222 bits per heavy atom. The lowest BCUT2D eigenvalue weighted by molar-refractivity contribution is 0.823. The van der Waals surface area contributed by atoms with Crippen LogP contribution in [0.1, 0.15) is 0 Å². The normalized spacial score (nSPS) is 0. The zero-order chi connectivity index (χ0) is 0. The second-order valence-electron chi connectivity index (χ2n) is 0. The first-order chi connectivity index (χ1) is 0. The molecule has 0 aromatic carbocycles. The molecule has 0 unspecified atom stereocenters. The van der Waals surface area contributed by atoms with Gasteiger partial charge in [0.15, 0.2) is 0 Å². The molecule has 0 saturated heterocycles. The Kier molecular flexibility index (Phi) is 1120000. The van der Waals surface area contributed by atoms with Gasteiger partial charge in [-0.25, -0.2) is 0 Å². The summed E-state index contributed by atoms with van der Waals surface area (Å²) in [5.41, 5.74) is 0. The molecule has 0 atom stereocenters. The third-order valence-corrected chi connectivity index (χ3v) is 0.